The lowest BCUT2D eigenvalue weighted by Crippen LogP contribution is -2.44. The van der Waals surface area contributed by atoms with Crippen LogP contribution < -0.4 is 16.2 Å². The molecule has 1 heterocycles. The fourth-order valence-electron chi connectivity index (χ4n) is 5.03. The number of oxazole rings is 1. The summed E-state index contributed by atoms with van der Waals surface area (Å²) in [5, 5.41) is 8.32. The first kappa shape index (κ1) is 30.1. The minimum Gasteiger partial charge on any atom is -0.444 e. The lowest BCUT2D eigenvalue weighted by Gasteiger charge is -2.33. The average Bonchev–Trinajstić information content (AvgIpc) is 3.57. The monoisotopic (exact) mass is 578 g/mol. The van der Waals surface area contributed by atoms with Crippen LogP contribution in [-0.4, -0.2) is 41.4 Å². The Morgan fingerprint density at radius 3 is 2.33 bits per heavy atom. The number of nitrogens with two attached hydrogens (primary N) is 1. The van der Waals surface area contributed by atoms with Gasteiger partial charge < -0.3 is 19.8 Å². The molecule has 2 aliphatic rings. The Morgan fingerprint density at radius 1 is 1.15 bits per heavy atom. The van der Waals surface area contributed by atoms with Crippen LogP contribution in [0.15, 0.2) is 21.7 Å². The van der Waals surface area contributed by atoms with E-state index < -0.39 is 60.2 Å². The SMILES string of the molecule is CC(C)(C)OC(=O)N[C@H](c1nc2c(F)c(C(NCC(N=[NH2+])C(F)(F)F)C3CC3)ccc2o1)C1CCC(F)(F)CC1. The number of hydrogen-bond donors (Lipinski definition) is 3. The molecule has 2 aliphatic carbocycles. The number of alkyl halides is 5. The molecular formula is C26H34F6N5O3+. The Bertz CT molecular complexity index is 1210. The van der Waals surface area contributed by atoms with Crippen LogP contribution >= 0.6 is 0 Å². The summed E-state index contributed by atoms with van der Waals surface area (Å²) in [7, 11) is 0. The summed E-state index contributed by atoms with van der Waals surface area (Å²) in [5.74, 6) is -4.22. The number of rotatable bonds is 9. The molecule has 40 heavy (non-hydrogen) atoms. The van der Waals surface area contributed by atoms with Crippen molar-refractivity contribution in [2.45, 2.75) is 95.1 Å². The van der Waals surface area contributed by atoms with E-state index in [4.69, 9.17) is 14.7 Å². The first-order valence-electron chi connectivity index (χ1n) is 13.2. The Balaban J connectivity index is 1.63. The zero-order chi connectivity index (χ0) is 29.5. The van der Waals surface area contributed by atoms with Gasteiger partial charge in [0.25, 0.3) is 0 Å². The van der Waals surface area contributed by atoms with Gasteiger partial charge in [-0.25, -0.2) is 22.9 Å². The molecule has 0 aliphatic heterocycles. The van der Waals surface area contributed by atoms with Crippen LogP contribution in [0, 0.1) is 17.7 Å². The Labute approximate surface area is 227 Å². The number of amides is 1. The van der Waals surface area contributed by atoms with Gasteiger partial charge in [0.2, 0.25) is 17.9 Å². The lowest BCUT2D eigenvalue weighted by molar-refractivity contribution is -0.257. The van der Waals surface area contributed by atoms with Crippen LogP contribution in [-0.2, 0) is 4.74 Å². The molecule has 3 atom stereocenters. The first-order valence-corrected chi connectivity index (χ1v) is 13.2. The maximum atomic E-state index is 15.8. The van der Waals surface area contributed by atoms with Gasteiger partial charge in [0.1, 0.15) is 17.2 Å². The summed E-state index contributed by atoms with van der Waals surface area (Å²) in [4.78, 5) is 16.9. The molecule has 1 aromatic heterocycles. The van der Waals surface area contributed by atoms with Crippen molar-refractivity contribution < 1.29 is 45.8 Å². The third-order valence-corrected chi connectivity index (χ3v) is 7.23. The van der Waals surface area contributed by atoms with Gasteiger partial charge in [0.15, 0.2) is 11.4 Å². The summed E-state index contributed by atoms with van der Waals surface area (Å²) in [6.07, 6.45) is -4.69. The molecule has 0 bridgehead atoms. The predicted octanol–water partition coefficient (Wildman–Crippen LogP) is 5.54. The van der Waals surface area contributed by atoms with Crippen molar-refractivity contribution in [2.24, 2.45) is 17.0 Å². The summed E-state index contributed by atoms with van der Waals surface area (Å²) in [5.41, 5.74) is 4.10. The number of hydrogen-bond acceptors (Lipinski definition) is 6. The maximum absolute atomic E-state index is 15.8. The molecule has 222 valence electrons. The van der Waals surface area contributed by atoms with Gasteiger partial charge in [0, 0.05) is 31.0 Å². The highest BCUT2D eigenvalue weighted by Gasteiger charge is 2.44. The van der Waals surface area contributed by atoms with Crippen molar-refractivity contribution in [2.75, 3.05) is 6.54 Å². The lowest BCUT2D eigenvalue weighted by atomic mass is 9.82. The van der Waals surface area contributed by atoms with Gasteiger partial charge in [-0.2, -0.15) is 18.7 Å². The maximum Gasteiger partial charge on any atom is 0.417 e. The number of aromatic nitrogens is 1. The molecular weight excluding hydrogens is 544 g/mol. The van der Waals surface area contributed by atoms with Crippen LogP contribution in [0.1, 0.15) is 82.8 Å². The second kappa shape index (κ2) is 11.2. The third kappa shape index (κ3) is 7.24. The quantitative estimate of drug-likeness (QED) is 0.267. The molecule has 1 amide bonds. The molecule has 0 spiro atoms. The molecule has 2 fully saturated rings. The van der Waals surface area contributed by atoms with Crippen LogP contribution in [0.25, 0.3) is 11.1 Å². The second-order valence-electron chi connectivity index (χ2n) is 11.6. The van der Waals surface area contributed by atoms with E-state index in [0.29, 0.717) is 12.8 Å². The van der Waals surface area contributed by atoms with Crippen molar-refractivity contribution in [3.8, 4) is 0 Å². The number of carbonyl (C=O) groups excluding carboxylic acids is 1. The highest BCUT2D eigenvalue weighted by molar-refractivity contribution is 5.75. The van der Waals surface area contributed by atoms with E-state index in [-0.39, 0.29) is 54.2 Å². The van der Waals surface area contributed by atoms with Crippen molar-refractivity contribution in [3.63, 3.8) is 0 Å². The standard InChI is InChI=1S/C26H33F6N5O3/c1-24(2,3)40-23(38)36-20(14-8-10-25(28,29)11-9-14)22-35-21-16(39-22)7-6-15(18(21)27)19(13-4-5-13)34-12-17(37-33)26(30,31)32/h6-7,13-14,17,19-20,33-34H,4-5,8-12H2,1-3H3,(H,36,38)/p+1/t17?,19?,20-/m0/s1. The minimum absolute atomic E-state index is 0.0491. The Hall–Kier alpha value is -2.90. The zero-order valence-corrected chi connectivity index (χ0v) is 22.5. The summed E-state index contributed by atoms with van der Waals surface area (Å²) >= 11 is 0. The average molecular weight is 579 g/mol. The minimum atomic E-state index is -4.65. The first-order chi connectivity index (χ1) is 18.6. The molecule has 2 saturated carbocycles. The molecule has 4 rings (SSSR count). The molecule has 2 aromatic rings. The van der Waals surface area contributed by atoms with E-state index in [2.05, 4.69) is 20.7 Å². The van der Waals surface area contributed by atoms with E-state index in [0.717, 1.165) is 0 Å². The van der Waals surface area contributed by atoms with Crippen molar-refractivity contribution >= 4 is 17.2 Å². The zero-order valence-electron chi connectivity index (χ0n) is 22.5. The van der Waals surface area contributed by atoms with Crippen LogP contribution in [0.4, 0.5) is 31.1 Å². The van der Waals surface area contributed by atoms with Gasteiger partial charge in [-0.15, -0.1) is 0 Å². The highest BCUT2D eigenvalue weighted by Crippen LogP contribution is 2.44. The van der Waals surface area contributed by atoms with Crippen LogP contribution in [0.3, 0.4) is 0 Å². The normalized spacial score (nSPS) is 20.6. The molecule has 1 aromatic carbocycles. The molecule has 0 radical (unpaired) electrons. The number of benzene rings is 1. The number of ether oxygens (including phenoxy) is 1. The topological polar surface area (TPSA) is 114 Å². The summed E-state index contributed by atoms with van der Waals surface area (Å²) < 4.78 is 94.1. The molecule has 2 unspecified atom stereocenters. The van der Waals surface area contributed by atoms with Gasteiger partial charge in [-0.3, -0.25) is 0 Å². The number of halogens is 6. The van der Waals surface area contributed by atoms with Crippen LogP contribution in [0.2, 0.25) is 0 Å². The molecule has 0 saturated heterocycles. The number of fused-ring (bicyclic) bond motifs is 1. The van der Waals surface area contributed by atoms with E-state index >= 15 is 4.39 Å². The van der Waals surface area contributed by atoms with Gasteiger partial charge >= 0.3 is 12.3 Å². The Morgan fingerprint density at radius 2 is 1.77 bits per heavy atom. The largest absolute Gasteiger partial charge is 0.444 e. The van der Waals surface area contributed by atoms with E-state index in [1.165, 1.54) is 12.1 Å². The van der Waals surface area contributed by atoms with Gasteiger partial charge in [-0.05, 0) is 69.5 Å². The molecule has 8 nitrogen and oxygen atoms in total. The highest BCUT2D eigenvalue weighted by atomic mass is 19.4. The second-order valence-corrected chi connectivity index (χ2v) is 11.6. The van der Waals surface area contributed by atoms with Gasteiger partial charge in [-0.1, -0.05) is 6.07 Å². The predicted molar refractivity (Wildman–Crippen MR) is 131 cm³/mol. The van der Waals surface area contributed by atoms with Crippen LogP contribution in [0.5, 0.6) is 0 Å². The van der Waals surface area contributed by atoms with Crippen molar-refractivity contribution in [1.29, 1.82) is 0 Å². The summed E-state index contributed by atoms with van der Waals surface area (Å²) in [6, 6.07) is -0.982. The smallest absolute Gasteiger partial charge is 0.417 e. The molecule has 4 N–H and O–H groups in total. The summed E-state index contributed by atoms with van der Waals surface area (Å²) in [6.45, 7) is 4.38. The number of nitrogens with one attached hydrogen (secondary N) is 2. The van der Waals surface area contributed by atoms with E-state index in [1.54, 1.807) is 20.8 Å². The fourth-order valence-corrected chi connectivity index (χ4v) is 5.03. The van der Waals surface area contributed by atoms with E-state index in [1.807, 2.05) is 0 Å². The van der Waals surface area contributed by atoms with Gasteiger partial charge in [0.05, 0.1) is 0 Å². The van der Waals surface area contributed by atoms with Crippen molar-refractivity contribution in [3.05, 3.63) is 29.4 Å². The number of nitrogens with zero attached hydrogens (tertiary/aromatic N) is 2. The van der Waals surface area contributed by atoms with Crippen molar-refractivity contribution in [1.82, 2.24) is 15.6 Å². The fraction of sp³-hybridized carbons (Fsp3) is 0.692. The van der Waals surface area contributed by atoms with E-state index in [9.17, 15) is 26.7 Å². The number of carbonyl (C=O) groups is 1. The Kier molecular flexibility index (Phi) is 8.40. The number of alkyl carbamates (subject to hydrolysis) is 1. The molecule has 14 heteroatoms. The third-order valence-electron chi connectivity index (χ3n) is 7.23.